The maximum atomic E-state index is 8.62. The first-order valence-electron chi connectivity index (χ1n) is 5.95. The summed E-state index contributed by atoms with van der Waals surface area (Å²) in [6.07, 6.45) is 3.98. The molecule has 0 heterocycles. The zero-order chi connectivity index (χ0) is 12.5. The molecule has 0 atom stereocenters. The molecule has 0 unspecified atom stereocenters. The molecule has 0 amide bonds. The lowest BCUT2D eigenvalue weighted by Crippen LogP contribution is -1.99. The molecule has 0 saturated carbocycles. The van der Waals surface area contributed by atoms with E-state index in [1.165, 1.54) is 0 Å². The Labute approximate surface area is 102 Å². The zero-order valence-corrected chi connectivity index (χ0v) is 10.3. The number of unbranched alkanes of at least 4 members (excludes halogenated alkanes) is 3. The minimum atomic E-state index is 0.274. The first-order chi connectivity index (χ1) is 8.27. The fourth-order valence-electron chi connectivity index (χ4n) is 1.56. The van der Waals surface area contributed by atoms with Gasteiger partial charge in [-0.05, 0) is 31.4 Å². The van der Waals surface area contributed by atoms with E-state index in [2.05, 4.69) is 0 Å². The molecule has 1 aromatic rings. The van der Waals surface area contributed by atoms with Crippen LogP contribution in [0, 0.1) is 0 Å². The highest BCUT2D eigenvalue weighted by molar-refractivity contribution is 5.56. The summed E-state index contributed by atoms with van der Waals surface area (Å²) < 4.78 is 10.6. The summed E-state index contributed by atoms with van der Waals surface area (Å²) in [5, 5.41) is 8.62. The normalized spacial score (nSPS) is 10.2. The van der Waals surface area contributed by atoms with Crippen molar-refractivity contribution >= 4 is 5.69 Å². The summed E-state index contributed by atoms with van der Waals surface area (Å²) in [7, 11) is 1.59. The Kier molecular flexibility index (Phi) is 6.25. The van der Waals surface area contributed by atoms with E-state index in [0.29, 0.717) is 18.0 Å². The Bertz CT molecular complexity index is 328. The lowest BCUT2D eigenvalue weighted by Gasteiger charge is -2.09. The van der Waals surface area contributed by atoms with Crippen LogP contribution in [0.2, 0.25) is 0 Å². The summed E-state index contributed by atoms with van der Waals surface area (Å²) in [4.78, 5) is 0. The quantitative estimate of drug-likeness (QED) is 0.539. The highest BCUT2D eigenvalue weighted by Gasteiger charge is 2.01. The van der Waals surface area contributed by atoms with Crippen LogP contribution >= 0.6 is 0 Å². The molecule has 1 rings (SSSR count). The minimum Gasteiger partial charge on any atom is -0.495 e. The van der Waals surface area contributed by atoms with Crippen LogP contribution in [-0.4, -0.2) is 25.4 Å². The second kappa shape index (κ2) is 7.79. The molecule has 0 fully saturated rings. The molecule has 4 nitrogen and oxygen atoms in total. The summed E-state index contributed by atoms with van der Waals surface area (Å²) in [5.41, 5.74) is 6.36. The molecule has 0 aliphatic rings. The van der Waals surface area contributed by atoms with E-state index in [9.17, 15) is 0 Å². The van der Waals surface area contributed by atoms with E-state index >= 15 is 0 Å². The van der Waals surface area contributed by atoms with E-state index in [0.717, 1.165) is 31.4 Å². The number of hydrogen-bond donors (Lipinski definition) is 2. The van der Waals surface area contributed by atoms with Crippen molar-refractivity contribution in [2.24, 2.45) is 0 Å². The maximum Gasteiger partial charge on any atom is 0.142 e. The van der Waals surface area contributed by atoms with Gasteiger partial charge in [-0.15, -0.1) is 0 Å². The van der Waals surface area contributed by atoms with Crippen molar-refractivity contribution in [1.29, 1.82) is 0 Å². The molecule has 0 radical (unpaired) electrons. The average Bonchev–Trinajstić information content (AvgIpc) is 2.34. The first kappa shape index (κ1) is 13.6. The number of aliphatic hydroxyl groups is 1. The number of methoxy groups -OCH3 is 1. The summed E-state index contributed by atoms with van der Waals surface area (Å²) in [6.45, 7) is 0.951. The van der Waals surface area contributed by atoms with Gasteiger partial charge in [0.15, 0.2) is 0 Å². The predicted molar refractivity (Wildman–Crippen MR) is 68.5 cm³/mol. The van der Waals surface area contributed by atoms with Gasteiger partial charge in [-0.3, -0.25) is 0 Å². The van der Waals surface area contributed by atoms with Gasteiger partial charge in [-0.1, -0.05) is 6.42 Å². The van der Waals surface area contributed by atoms with Crippen LogP contribution in [-0.2, 0) is 0 Å². The third kappa shape index (κ3) is 4.95. The minimum absolute atomic E-state index is 0.274. The van der Waals surface area contributed by atoms with E-state index in [4.69, 9.17) is 20.3 Å². The maximum absolute atomic E-state index is 8.62. The lowest BCUT2D eigenvalue weighted by atomic mass is 10.2. The molecule has 0 spiro atoms. The van der Waals surface area contributed by atoms with Crippen LogP contribution in [0.1, 0.15) is 25.7 Å². The van der Waals surface area contributed by atoms with Crippen molar-refractivity contribution in [3.05, 3.63) is 18.2 Å². The van der Waals surface area contributed by atoms with E-state index < -0.39 is 0 Å². The number of rotatable bonds is 8. The van der Waals surface area contributed by atoms with Crippen molar-refractivity contribution in [2.75, 3.05) is 26.1 Å². The van der Waals surface area contributed by atoms with Gasteiger partial charge >= 0.3 is 0 Å². The Morgan fingerprint density at radius 1 is 1.18 bits per heavy atom. The van der Waals surface area contributed by atoms with Gasteiger partial charge in [0.25, 0.3) is 0 Å². The second-order valence-corrected chi connectivity index (χ2v) is 3.89. The van der Waals surface area contributed by atoms with Gasteiger partial charge in [-0.25, -0.2) is 0 Å². The van der Waals surface area contributed by atoms with Crippen molar-refractivity contribution in [3.63, 3.8) is 0 Å². The van der Waals surface area contributed by atoms with Gasteiger partial charge in [0, 0.05) is 12.7 Å². The molecule has 1 aromatic carbocycles. The van der Waals surface area contributed by atoms with Crippen molar-refractivity contribution in [2.45, 2.75) is 25.7 Å². The fraction of sp³-hybridized carbons (Fsp3) is 0.538. The molecule has 4 heteroatoms. The van der Waals surface area contributed by atoms with Crippen molar-refractivity contribution in [3.8, 4) is 11.5 Å². The molecule has 0 aromatic heterocycles. The Morgan fingerprint density at radius 3 is 2.59 bits per heavy atom. The molecule has 17 heavy (non-hydrogen) atoms. The van der Waals surface area contributed by atoms with Crippen molar-refractivity contribution in [1.82, 2.24) is 0 Å². The Morgan fingerprint density at radius 2 is 1.94 bits per heavy atom. The van der Waals surface area contributed by atoms with Crippen LogP contribution in [0.15, 0.2) is 18.2 Å². The number of anilines is 1. The number of benzene rings is 1. The van der Waals surface area contributed by atoms with Gasteiger partial charge < -0.3 is 20.3 Å². The highest BCUT2D eigenvalue weighted by Crippen LogP contribution is 2.25. The number of hydrogen-bond acceptors (Lipinski definition) is 4. The number of ether oxygens (including phenoxy) is 2. The standard InChI is InChI=1S/C13H21NO3/c1-16-13-7-6-11(10-12(13)14)17-9-5-3-2-4-8-15/h6-7,10,15H,2-5,8-9,14H2,1H3. The third-order valence-corrected chi connectivity index (χ3v) is 2.52. The summed E-state index contributed by atoms with van der Waals surface area (Å²) >= 11 is 0. The molecule has 0 saturated heterocycles. The van der Waals surface area contributed by atoms with Crippen LogP contribution in [0.3, 0.4) is 0 Å². The van der Waals surface area contributed by atoms with Gasteiger partial charge in [-0.2, -0.15) is 0 Å². The molecule has 96 valence electrons. The van der Waals surface area contributed by atoms with E-state index in [1.807, 2.05) is 6.07 Å². The van der Waals surface area contributed by atoms with Crippen LogP contribution in [0.4, 0.5) is 5.69 Å². The monoisotopic (exact) mass is 239 g/mol. The largest absolute Gasteiger partial charge is 0.495 e. The molecule has 0 aliphatic carbocycles. The van der Waals surface area contributed by atoms with E-state index in [1.54, 1.807) is 19.2 Å². The Balaban J connectivity index is 2.25. The number of aliphatic hydroxyl groups excluding tert-OH is 1. The SMILES string of the molecule is COc1ccc(OCCCCCCO)cc1N. The predicted octanol–water partition coefficient (Wildman–Crippen LogP) is 2.21. The zero-order valence-electron chi connectivity index (χ0n) is 10.3. The van der Waals surface area contributed by atoms with Gasteiger partial charge in [0.05, 0.1) is 19.4 Å². The lowest BCUT2D eigenvalue weighted by molar-refractivity contribution is 0.273. The fourth-order valence-corrected chi connectivity index (χ4v) is 1.56. The molecular weight excluding hydrogens is 218 g/mol. The first-order valence-corrected chi connectivity index (χ1v) is 5.95. The van der Waals surface area contributed by atoms with Gasteiger partial charge in [0.2, 0.25) is 0 Å². The van der Waals surface area contributed by atoms with Crippen LogP contribution in [0.25, 0.3) is 0 Å². The highest BCUT2D eigenvalue weighted by atomic mass is 16.5. The molecular formula is C13H21NO3. The number of nitrogen functional groups attached to an aromatic ring is 1. The molecule has 3 N–H and O–H groups in total. The van der Waals surface area contributed by atoms with Crippen molar-refractivity contribution < 1.29 is 14.6 Å². The number of nitrogens with two attached hydrogens (primary N) is 1. The second-order valence-electron chi connectivity index (χ2n) is 3.89. The third-order valence-electron chi connectivity index (χ3n) is 2.52. The topological polar surface area (TPSA) is 64.7 Å². The van der Waals surface area contributed by atoms with Gasteiger partial charge in [0.1, 0.15) is 11.5 Å². The summed E-state index contributed by atoms with van der Waals surface area (Å²) in [5.74, 6) is 1.44. The molecule has 0 aliphatic heterocycles. The molecule has 0 bridgehead atoms. The summed E-state index contributed by atoms with van der Waals surface area (Å²) in [6, 6.07) is 5.42. The smallest absolute Gasteiger partial charge is 0.142 e. The van der Waals surface area contributed by atoms with E-state index in [-0.39, 0.29) is 6.61 Å². The van der Waals surface area contributed by atoms with Crippen LogP contribution < -0.4 is 15.2 Å². The Hall–Kier alpha value is -1.42. The average molecular weight is 239 g/mol. The van der Waals surface area contributed by atoms with Crippen LogP contribution in [0.5, 0.6) is 11.5 Å².